The van der Waals surface area contributed by atoms with Gasteiger partial charge < -0.3 is 15.0 Å². The van der Waals surface area contributed by atoms with Gasteiger partial charge in [-0.25, -0.2) is 9.97 Å². The third-order valence-electron chi connectivity index (χ3n) is 2.75. The summed E-state index contributed by atoms with van der Waals surface area (Å²) in [5.74, 6) is 1.75. The van der Waals surface area contributed by atoms with E-state index < -0.39 is 0 Å². The van der Waals surface area contributed by atoms with Gasteiger partial charge in [-0.15, -0.1) is 0 Å². The van der Waals surface area contributed by atoms with Crippen molar-refractivity contribution in [3.8, 4) is 0 Å². The zero-order valence-corrected chi connectivity index (χ0v) is 13.7. The van der Waals surface area contributed by atoms with E-state index in [1.807, 2.05) is 0 Å². The van der Waals surface area contributed by atoms with Gasteiger partial charge in [0.2, 0.25) is 0 Å². The van der Waals surface area contributed by atoms with Gasteiger partial charge in [0.15, 0.2) is 0 Å². The van der Waals surface area contributed by atoms with Crippen LogP contribution in [0.3, 0.4) is 0 Å². The maximum absolute atomic E-state index is 5.16. The van der Waals surface area contributed by atoms with E-state index in [-0.39, 0.29) is 0 Å². The largest absolute Gasteiger partial charge is 0.383 e. The van der Waals surface area contributed by atoms with Crippen LogP contribution < -0.4 is 10.2 Å². The highest BCUT2D eigenvalue weighted by atomic mass is 79.9. The van der Waals surface area contributed by atoms with Crippen LogP contribution in [0.1, 0.15) is 27.2 Å². The van der Waals surface area contributed by atoms with Gasteiger partial charge in [0, 0.05) is 26.2 Å². The van der Waals surface area contributed by atoms with Crippen LogP contribution in [-0.4, -0.2) is 42.8 Å². The van der Waals surface area contributed by atoms with Gasteiger partial charge in [-0.2, -0.15) is 0 Å². The molecule has 0 spiro atoms. The molecule has 1 N–H and O–H groups in total. The number of nitrogens with one attached hydrogen (secondary N) is 1. The molecule has 6 heteroatoms. The third-order valence-corrected chi connectivity index (χ3v) is 3.48. The maximum Gasteiger partial charge on any atom is 0.148 e. The molecule has 0 aliphatic carbocycles. The van der Waals surface area contributed by atoms with Gasteiger partial charge in [-0.3, -0.25) is 0 Å². The Morgan fingerprint density at radius 3 is 2.74 bits per heavy atom. The predicted molar refractivity (Wildman–Crippen MR) is 82.9 cm³/mol. The average molecular weight is 331 g/mol. The summed E-state index contributed by atoms with van der Waals surface area (Å²) in [7, 11) is 1.71. The number of hydrogen-bond acceptors (Lipinski definition) is 5. The number of rotatable bonds is 8. The summed E-state index contributed by atoms with van der Waals surface area (Å²) in [5, 5.41) is 3.30. The summed E-state index contributed by atoms with van der Waals surface area (Å²) in [5.41, 5.74) is 0. The molecule has 0 amide bonds. The van der Waals surface area contributed by atoms with Crippen molar-refractivity contribution in [2.24, 2.45) is 0 Å². The fourth-order valence-electron chi connectivity index (χ4n) is 1.73. The monoisotopic (exact) mass is 330 g/mol. The van der Waals surface area contributed by atoms with E-state index in [0.29, 0.717) is 12.6 Å². The molecule has 0 aliphatic heterocycles. The Labute approximate surface area is 123 Å². The second kappa shape index (κ2) is 8.32. The number of ether oxygens (including phenoxy) is 1. The topological polar surface area (TPSA) is 50.3 Å². The second-order valence-electron chi connectivity index (χ2n) is 4.57. The molecule has 1 rings (SSSR count). The summed E-state index contributed by atoms with van der Waals surface area (Å²) in [6.45, 7) is 8.78. The number of methoxy groups -OCH3 is 1. The molecule has 5 nitrogen and oxygen atoms in total. The molecule has 0 saturated carbocycles. The van der Waals surface area contributed by atoms with Crippen LogP contribution in [0.15, 0.2) is 10.8 Å². The number of hydrogen-bond donors (Lipinski definition) is 1. The van der Waals surface area contributed by atoms with Crippen molar-refractivity contribution in [2.75, 3.05) is 37.0 Å². The first-order chi connectivity index (χ1) is 9.11. The molecule has 0 atom stereocenters. The molecule has 0 bridgehead atoms. The molecule has 1 aromatic heterocycles. The highest BCUT2D eigenvalue weighted by Gasteiger charge is 2.17. The molecule has 0 saturated heterocycles. The van der Waals surface area contributed by atoms with E-state index in [2.05, 4.69) is 56.9 Å². The molecule has 0 radical (unpaired) electrons. The SMILES string of the molecule is CCCNc1ncnc(N(CCOC)C(C)C)c1Br. The molecule has 1 heterocycles. The van der Waals surface area contributed by atoms with Gasteiger partial charge in [-0.1, -0.05) is 6.92 Å². The van der Waals surface area contributed by atoms with Gasteiger partial charge in [-0.05, 0) is 36.2 Å². The lowest BCUT2D eigenvalue weighted by molar-refractivity contribution is 0.203. The summed E-state index contributed by atoms with van der Waals surface area (Å²) in [6, 6.07) is 0.348. The van der Waals surface area contributed by atoms with Gasteiger partial charge in [0.05, 0.1) is 6.61 Å². The molecule has 1 aromatic rings. The van der Waals surface area contributed by atoms with Crippen molar-refractivity contribution in [1.29, 1.82) is 0 Å². The highest BCUT2D eigenvalue weighted by Crippen LogP contribution is 2.30. The number of nitrogens with zero attached hydrogens (tertiary/aromatic N) is 3. The average Bonchev–Trinajstić information content (AvgIpc) is 2.39. The zero-order chi connectivity index (χ0) is 14.3. The second-order valence-corrected chi connectivity index (χ2v) is 5.36. The Morgan fingerprint density at radius 1 is 1.42 bits per heavy atom. The Hall–Kier alpha value is -0.880. The van der Waals surface area contributed by atoms with E-state index in [9.17, 15) is 0 Å². The molecule has 19 heavy (non-hydrogen) atoms. The lowest BCUT2D eigenvalue weighted by Crippen LogP contribution is -2.35. The number of aromatic nitrogens is 2. The Morgan fingerprint density at radius 2 is 2.16 bits per heavy atom. The van der Waals surface area contributed by atoms with Crippen molar-refractivity contribution in [3.05, 3.63) is 10.8 Å². The molecular weight excluding hydrogens is 308 g/mol. The minimum Gasteiger partial charge on any atom is -0.383 e. The molecule has 0 unspecified atom stereocenters. The van der Waals surface area contributed by atoms with E-state index in [1.54, 1.807) is 13.4 Å². The van der Waals surface area contributed by atoms with Crippen LogP contribution in [0.4, 0.5) is 11.6 Å². The van der Waals surface area contributed by atoms with Crippen LogP contribution in [-0.2, 0) is 4.74 Å². The Bertz CT molecular complexity index is 387. The fraction of sp³-hybridized carbons (Fsp3) is 0.692. The summed E-state index contributed by atoms with van der Waals surface area (Å²) in [4.78, 5) is 10.9. The smallest absolute Gasteiger partial charge is 0.148 e. The summed E-state index contributed by atoms with van der Waals surface area (Å²) < 4.78 is 6.07. The van der Waals surface area contributed by atoms with Crippen LogP contribution in [0, 0.1) is 0 Å². The zero-order valence-electron chi connectivity index (χ0n) is 12.1. The van der Waals surface area contributed by atoms with Crippen LogP contribution in [0.25, 0.3) is 0 Å². The van der Waals surface area contributed by atoms with Crippen LogP contribution in [0.5, 0.6) is 0 Å². The maximum atomic E-state index is 5.16. The normalized spacial score (nSPS) is 10.8. The number of anilines is 2. The molecular formula is C13H23BrN4O. The Kier molecular flexibility index (Phi) is 7.09. The van der Waals surface area contributed by atoms with E-state index in [4.69, 9.17) is 4.74 Å². The first-order valence-corrected chi connectivity index (χ1v) is 7.41. The van der Waals surface area contributed by atoms with Crippen molar-refractivity contribution >= 4 is 27.6 Å². The first kappa shape index (κ1) is 16.2. The van der Waals surface area contributed by atoms with Crippen molar-refractivity contribution in [3.63, 3.8) is 0 Å². The standard InChI is InChI=1S/C13H23BrN4O/c1-5-6-15-12-11(14)13(17-9-16-12)18(10(2)3)7-8-19-4/h9-10H,5-8H2,1-4H3,(H,15,16,17). The Balaban J connectivity index is 2.95. The lowest BCUT2D eigenvalue weighted by Gasteiger charge is -2.28. The molecule has 0 fully saturated rings. The molecule has 108 valence electrons. The van der Waals surface area contributed by atoms with Crippen LogP contribution in [0.2, 0.25) is 0 Å². The molecule has 0 aromatic carbocycles. The minimum atomic E-state index is 0.348. The van der Waals surface area contributed by atoms with Crippen molar-refractivity contribution in [1.82, 2.24) is 9.97 Å². The van der Waals surface area contributed by atoms with Crippen LogP contribution >= 0.6 is 15.9 Å². The quantitative estimate of drug-likeness (QED) is 0.794. The van der Waals surface area contributed by atoms with Crippen molar-refractivity contribution in [2.45, 2.75) is 33.2 Å². The highest BCUT2D eigenvalue weighted by molar-refractivity contribution is 9.10. The molecule has 0 aliphatic rings. The van der Waals surface area contributed by atoms with Gasteiger partial charge >= 0.3 is 0 Å². The van der Waals surface area contributed by atoms with E-state index in [0.717, 1.165) is 35.6 Å². The van der Waals surface area contributed by atoms with E-state index >= 15 is 0 Å². The third kappa shape index (κ3) is 4.62. The van der Waals surface area contributed by atoms with Crippen molar-refractivity contribution < 1.29 is 4.74 Å². The van der Waals surface area contributed by atoms with Gasteiger partial charge in [0.25, 0.3) is 0 Å². The van der Waals surface area contributed by atoms with Gasteiger partial charge in [0.1, 0.15) is 22.4 Å². The summed E-state index contributed by atoms with van der Waals surface area (Å²) in [6.07, 6.45) is 2.66. The number of halogens is 1. The summed E-state index contributed by atoms with van der Waals surface area (Å²) >= 11 is 3.60. The van der Waals surface area contributed by atoms with E-state index in [1.165, 1.54) is 0 Å². The fourth-order valence-corrected chi connectivity index (χ4v) is 2.30. The lowest BCUT2D eigenvalue weighted by atomic mass is 10.3. The minimum absolute atomic E-state index is 0.348. The predicted octanol–water partition coefficient (Wildman–Crippen LogP) is 2.92. The first-order valence-electron chi connectivity index (χ1n) is 6.61.